The van der Waals surface area contributed by atoms with Gasteiger partial charge in [0.2, 0.25) is 9.84 Å². The number of unbranched alkanes of at least 4 members (excludes halogenated alkanes) is 2. The number of hydrogen-bond donors (Lipinski definition) is 0. The average molecular weight is 355 g/mol. The van der Waals surface area contributed by atoms with Crippen LogP contribution in [0.25, 0.3) is 6.08 Å². The van der Waals surface area contributed by atoms with Gasteiger partial charge in [0.05, 0.1) is 11.5 Å². The third-order valence-electron chi connectivity index (χ3n) is 3.65. The lowest BCUT2D eigenvalue weighted by atomic mass is 10.2. The van der Waals surface area contributed by atoms with Crippen LogP contribution >= 0.6 is 0 Å². The first-order valence-corrected chi connectivity index (χ1v) is 9.71. The molecule has 2 aromatic rings. The van der Waals surface area contributed by atoms with Crippen LogP contribution in [0.15, 0.2) is 64.4 Å². The van der Waals surface area contributed by atoms with Gasteiger partial charge in [-0.25, -0.2) is 8.42 Å². The van der Waals surface area contributed by atoms with Gasteiger partial charge in [-0.2, -0.15) is 5.26 Å². The van der Waals surface area contributed by atoms with Gasteiger partial charge in [0, 0.05) is 0 Å². The zero-order valence-corrected chi connectivity index (χ0v) is 15.0. The van der Waals surface area contributed by atoms with E-state index in [0.717, 1.165) is 25.0 Å². The lowest BCUT2D eigenvalue weighted by Gasteiger charge is -2.06. The smallest absolute Gasteiger partial charge is 0.216 e. The van der Waals surface area contributed by atoms with Gasteiger partial charge >= 0.3 is 0 Å². The van der Waals surface area contributed by atoms with Crippen molar-refractivity contribution in [2.24, 2.45) is 0 Å². The van der Waals surface area contributed by atoms with Crippen molar-refractivity contribution in [2.45, 2.75) is 31.1 Å². The maximum absolute atomic E-state index is 12.5. The standard InChI is InChI=1S/C20H21NO3S/c1-2-3-7-14-24-18-12-10-17(11-13-18)15-20(16-21)25(22,23)19-8-5-4-6-9-19/h4-6,8-13,15H,2-3,7,14H2,1H3/b20-15-. The fraction of sp³-hybridized carbons (Fsp3) is 0.250. The molecule has 0 fully saturated rings. The van der Waals surface area contributed by atoms with Crippen molar-refractivity contribution in [3.05, 3.63) is 65.1 Å². The molecule has 0 saturated carbocycles. The molecule has 0 radical (unpaired) electrons. The van der Waals surface area contributed by atoms with E-state index in [4.69, 9.17) is 4.74 Å². The van der Waals surface area contributed by atoms with E-state index < -0.39 is 9.84 Å². The number of nitriles is 1. The van der Waals surface area contributed by atoms with Gasteiger partial charge in [-0.15, -0.1) is 0 Å². The number of hydrogen-bond acceptors (Lipinski definition) is 4. The highest BCUT2D eigenvalue weighted by Crippen LogP contribution is 2.22. The molecule has 0 unspecified atom stereocenters. The first-order valence-electron chi connectivity index (χ1n) is 8.22. The normalized spacial score (nSPS) is 11.8. The number of benzene rings is 2. The SMILES string of the molecule is CCCCCOc1ccc(/C=C(/C#N)S(=O)(=O)c2ccccc2)cc1. The van der Waals surface area contributed by atoms with Crippen molar-refractivity contribution in [1.82, 2.24) is 0 Å². The Morgan fingerprint density at radius 3 is 2.36 bits per heavy atom. The van der Waals surface area contributed by atoms with E-state index in [1.807, 2.05) is 0 Å². The number of nitrogens with zero attached hydrogens (tertiary/aromatic N) is 1. The molecule has 0 spiro atoms. The Labute approximate surface area is 149 Å². The van der Waals surface area contributed by atoms with Gasteiger partial charge < -0.3 is 4.74 Å². The van der Waals surface area contributed by atoms with Crippen LogP contribution in [-0.2, 0) is 9.84 Å². The van der Waals surface area contributed by atoms with E-state index in [0.29, 0.717) is 12.2 Å². The largest absolute Gasteiger partial charge is 0.494 e. The Kier molecular flexibility index (Phi) is 6.79. The zero-order valence-electron chi connectivity index (χ0n) is 14.2. The van der Waals surface area contributed by atoms with Crippen molar-refractivity contribution in [2.75, 3.05) is 6.61 Å². The van der Waals surface area contributed by atoms with Gasteiger partial charge in [0.15, 0.2) is 0 Å². The molecule has 0 saturated heterocycles. The minimum Gasteiger partial charge on any atom is -0.494 e. The Balaban J connectivity index is 2.16. The molecule has 0 aliphatic rings. The van der Waals surface area contributed by atoms with Crippen molar-refractivity contribution < 1.29 is 13.2 Å². The van der Waals surface area contributed by atoms with Gasteiger partial charge in [-0.3, -0.25) is 0 Å². The number of allylic oxidation sites excluding steroid dienone is 1. The fourth-order valence-corrected chi connectivity index (χ4v) is 3.43. The fourth-order valence-electron chi connectivity index (χ4n) is 2.25. The van der Waals surface area contributed by atoms with Gasteiger partial charge in [-0.05, 0) is 42.3 Å². The highest BCUT2D eigenvalue weighted by Gasteiger charge is 2.20. The summed E-state index contributed by atoms with van der Waals surface area (Å²) >= 11 is 0. The molecular weight excluding hydrogens is 334 g/mol. The summed E-state index contributed by atoms with van der Waals surface area (Å²) in [5, 5.41) is 9.28. The van der Waals surface area contributed by atoms with E-state index in [1.165, 1.54) is 18.2 Å². The summed E-state index contributed by atoms with van der Waals surface area (Å²) in [5.74, 6) is 0.734. The molecule has 2 rings (SSSR count). The van der Waals surface area contributed by atoms with Crippen LogP contribution in [0.2, 0.25) is 0 Å². The minimum atomic E-state index is -3.81. The highest BCUT2D eigenvalue weighted by molar-refractivity contribution is 7.95. The molecule has 2 aromatic carbocycles. The van der Waals surface area contributed by atoms with Crippen LogP contribution in [0.1, 0.15) is 31.7 Å². The van der Waals surface area contributed by atoms with E-state index in [-0.39, 0.29) is 9.80 Å². The second kappa shape index (κ2) is 9.05. The molecule has 0 aliphatic carbocycles. The maximum Gasteiger partial charge on any atom is 0.216 e. The van der Waals surface area contributed by atoms with Gasteiger partial charge in [0.25, 0.3) is 0 Å². The van der Waals surface area contributed by atoms with E-state index >= 15 is 0 Å². The van der Waals surface area contributed by atoms with Crippen LogP contribution in [0, 0.1) is 11.3 Å². The molecule has 0 atom stereocenters. The maximum atomic E-state index is 12.5. The topological polar surface area (TPSA) is 67.2 Å². The monoisotopic (exact) mass is 355 g/mol. The zero-order chi connectivity index (χ0) is 18.1. The highest BCUT2D eigenvalue weighted by atomic mass is 32.2. The third-order valence-corrected chi connectivity index (χ3v) is 5.33. The van der Waals surface area contributed by atoms with Crippen molar-refractivity contribution in [3.63, 3.8) is 0 Å². The lowest BCUT2D eigenvalue weighted by molar-refractivity contribution is 0.306. The van der Waals surface area contributed by atoms with Crippen LogP contribution in [0.5, 0.6) is 5.75 Å². The molecule has 0 bridgehead atoms. The summed E-state index contributed by atoms with van der Waals surface area (Å²) in [6.45, 7) is 2.80. The van der Waals surface area contributed by atoms with Crippen LogP contribution in [0.4, 0.5) is 0 Å². The Morgan fingerprint density at radius 1 is 1.08 bits per heavy atom. The molecular formula is C20H21NO3S. The van der Waals surface area contributed by atoms with E-state index in [2.05, 4.69) is 6.92 Å². The first-order chi connectivity index (χ1) is 12.1. The second-order valence-corrected chi connectivity index (χ2v) is 7.48. The molecule has 0 aromatic heterocycles. The second-order valence-electron chi connectivity index (χ2n) is 5.56. The Hall–Kier alpha value is -2.58. The number of rotatable bonds is 8. The van der Waals surface area contributed by atoms with Gasteiger partial charge in [0.1, 0.15) is 16.7 Å². The molecule has 25 heavy (non-hydrogen) atoms. The summed E-state index contributed by atoms with van der Waals surface area (Å²) in [5.41, 5.74) is 0.636. The van der Waals surface area contributed by atoms with Crippen molar-refractivity contribution in [3.8, 4) is 11.8 Å². The lowest BCUT2D eigenvalue weighted by Crippen LogP contribution is -2.03. The van der Waals surface area contributed by atoms with Crippen molar-refractivity contribution >= 4 is 15.9 Å². The number of ether oxygens (including phenoxy) is 1. The molecule has 0 amide bonds. The quantitative estimate of drug-likeness (QED) is 0.513. The molecule has 5 heteroatoms. The molecule has 130 valence electrons. The molecule has 0 N–H and O–H groups in total. The van der Waals surface area contributed by atoms with Crippen LogP contribution in [0.3, 0.4) is 0 Å². The third kappa shape index (κ3) is 5.20. The van der Waals surface area contributed by atoms with E-state index in [9.17, 15) is 13.7 Å². The molecule has 0 aliphatic heterocycles. The van der Waals surface area contributed by atoms with Crippen molar-refractivity contribution in [1.29, 1.82) is 5.26 Å². The van der Waals surface area contributed by atoms with Crippen LogP contribution < -0.4 is 4.74 Å². The average Bonchev–Trinajstić information content (AvgIpc) is 2.65. The Bertz CT molecular complexity index is 848. The summed E-state index contributed by atoms with van der Waals surface area (Å²) < 4.78 is 30.7. The summed E-state index contributed by atoms with van der Waals surface area (Å²) in [7, 11) is -3.81. The predicted octanol–water partition coefficient (Wildman–Crippen LogP) is 4.59. The van der Waals surface area contributed by atoms with E-state index in [1.54, 1.807) is 48.5 Å². The first kappa shape index (κ1) is 18.8. The number of sulfone groups is 1. The van der Waals surface area contributed by atoms with Crippen LogP contribution in [-0.4, -0.2) is 15.0 Å². The minimum absolute atomic E-state index is 0.110. The molecule has 0 heterocycles. The van der Waals surface area contributed by atoms with Gasteiger partial charge in [-0.1, -0.05) is 50.1 Å². The summed E-state index contributed by atoms with van der Waals surface area (Å²) in [6, 6.07) is 16.8. The molecule has 4 nitrogen and oxygen atoms in total. The summed E-state index contributed by atoms with van der Waals surface area (Å²) in [6.07, 6.45) is 4.65. The summed E-state index contributed by atoms with van der Waals surface area (Å²) in [4.78, 5) is -0.172. The predicted molar refractivity (Wildman–Crippen MR) is 98.7 cm³/mol. The Morgan fingerprint density at radius 2 is 1.76 bits per heavy atom.